The Labute approximate surface area is 193 Å². The molecule has 1 heterocycles. The highest BCUT2D eigenvalue weighted by Gasteiger charge is 2.54. The third-order valence-electron chi connectivity index (χ3n) is 7.90. The summed E-state index contributed by atoms with van der Waals surface area (Å²) >= 11 is 0. The molecule has 33 heavy (non-hydrogen) atoms. The molecule has 6 rings (SSSR count). The number of carbonyl (C=O) groups is 3. The largest absolute Gasteiger partial charge is 0.465 e. The highest BCUT2D eigenvalue weighted by molar-refractivity contribution is 5.98. The van der Waals surface area contributed by atoms with E-state index in [2.05, 4.69) is 10.3 Å². The molecule has 0 saturated heterocycles. The van der Waals surface area contributed by atoms with Crippen molar-refractivity contribution in [1.29, 1.82) is 0 Å². The van der Waals surface area contributed by atoms with Gasteiger partial charge in [0.05, 0.1) is 23.9 Å². The smallest absolute Gasteiger partial charge is 0.340 e. The van der Waals surface area contributed by atoms with E-state index in [1.54, 1.807) is 0 Å². The lowest BCUT2D eigenvalue weighted by atomic mass is 9.49. The van der Waals surface area contributed by atoms with Crippen molar-refractivity contribution in [2.75, 3.05) is 13.7 Å². The maximum atomic E-state index is 13.1. The van der Waals surface area contributed by atoms with Crippen molar-refractivity contribution in [1.82, 2.24) is 10.3 Å². The van der Waals surface area contributed by atoms with Gasteiger partial charge in [0, 0.05) is 10.8 Å². The first-order valence-electron chi connectivity index (χ1n) is 11.8. The molecule has 174 valence electrons. The molecule has 4 aliphatic rings. The summed E-state index contributed by atoms with van der Waals surface area (Å²) < 4.78 is 10.3. The quantitative estimate of drug-likeness (QED) is 0.675. The first-order valence-corrected chi connectivity index (χ1v) is 11.8. The fourth-order valence-corrected chi connectivity index (χ4v) is 6.85. The van der Waals surface area contributed by atoms with E-state index in [1.165, 1.54) is 26.4 Å². The van der Waals surface area contributed by atoms with E-state index in [4.69, 9.17) is 9.47 Å². The van der Waals surface area contributed by atoms with Crippen molar-refractivity contribution >= 4 is 28.7 Å². The van der Waals surface area contributed by atoms with Crippen LogP contribution in [0.3, 0.4) is 0 Å². The molecule has 0 spiro atoms. The Morgan fingerprint density at radius 2 is 1.70 bits per heavy atom. The number of nitrogens with zero attached hydrogens (tertiary/aromatic N) is 1. The number of benzene rings is 1. The topological polar surface area (TPSA) is 94.6 Å². The summed E-state index contributed by atoms with van der Waals surface area (Å²) in [5, 5.41) is 3.68. The standard InChI is InChI=1S/C26H30N2O5/c1-15-19-5-3-4-6-20(19)28-21(23(15)24(30)32-2)14-33-22(29)13-27-25(31)26-10-16-7-17(11-26)9-18(8-16)12-26/h3-6,16-18H,7-14H2,1-2H3,(H,27,31). The van der Waals surface area contributed by atoms with Crippen molar-refractivity contribution in [2.24, 2.45) is 23.2 Å². The Morgan fingerprint density at radius 1 is 1.06 bits per heavy atom. The van der Waals surface area contributed by atoms with Crippen molar-refractivity contribution in [3.8, 4) is 0 Å². The highest BCUT2D eigenvalue weighted by atomic mass is 16.5. The molecule has 7 nitrogen and oxygen atoms in total. The lowest BCUT2D eigenvalue weighted by Crippen LogP contribution is -2.54. The highest BCUT2D eigenvalue weighted by Crippen LogP contribution is 2.60. The first kappa shape index (κ1) is 21.9. The third kappa shape index (κ3) is 3.98. The van der Waals surface area contributed by atoms with Crippen molar-refractivity contribution < 1.29 is 23.9 Å². The minimum absolute atomic E-state index is 0.00604. The maximum Gasteiger partial charge on any atom is 0.340 e. The summed E-state index contributed by atoms with van der Waals surface area (Å²) in [6, 6.07) is 7.48. The van der Waals surface area contributed by atoms with E-state index >= 15 is 0 Å². The minimum atomic E-state index is -0.545. The summed E-state index contributed by atoms with van der Waals surface area (Å²) in [6.45, 7) is 1.48. The normalized spacial score (nSPS) is 27.4. The van der Waals surface area contributed by atoms with Gasteiger partial charge < -0.3 is 14.8 Å². The molecule has 0 atom stereocenters. The van der Waals surface area contributed by atoms with Gasteiger partial charge in [-0.2, -0.15) is 0 Å². The van der Waals surface area contributed by atoms with Crippen LogP contribution in [0.1, 0.15) is 60.1 Å². The third-order valence-corrected chi connectivity index (χ3v) is 7.90. The Bertz CT molecular complexity index is 1090. The second-order valence-corrected chi connectivity index (χ2v) is 10.1. The molecule has 1 amide bonds. The van der Waals surface area contributed by atoms with Gasteiger partial charge in [-0.25, -0.2) is 9.78 Å². The number of amides is 1. The van der Waals surface area contributed by atoms with Crippen LogP contribution < -0.4 is 5.32 Å². The van der Waals surface area contributed by atoms with Crippen LogP contribution in [0.5, 0.6) is 0 Å². The molecule has 4 saturated carbocycles. The van der Waals surface area contributed by atoms with E-state index in [9.17, 15) is 14.4 Å². The van der Waals surface area contributed by atoms with Crippen LogP contribution in [0, 0.1) is 30.1 Å². The van der Waals surface area contributed by atoms with E-state index < -0.39 is 11.9 Å². The first-order chi connectivity index (χ1) is 15.9. The van der Waals surface area contributed by atoms with Crippen molar-refractivity contribution in [3.05, 3.63) is 41.1 Å². The number of nitrogens with one attached hydrogen (secondary N) is 1. The van der Waals surface area contributed by atoms with Crippen molar-refractivity contribution in [3.63, 3.8) is 0 Å². The van der Waals surface area contributed by atoms with E-state index in [0.29, 0.717) is 34.5 Å². The summed E-state index contributed by atoms with van der Waals surface area (Å²) in [6.07, 6.45) is 6.62. The predicted octanol–water partition coefficient (Wildman–Crippen LogP) is 3.71. The Balaban J connectivity index is 1.24. The van der Waals surface area contributed by atoms with Gasteiger partial charge in [0.25, 0.3) is 0 Å². The van der Waals surface area contributed by atoms with Gasteiger partial charge in [-0.15, -0.1) is 0 Å². The zero-order valence-corrected chi connectivity index (χ0v) is 19.2. The van der Waals surface area contributed by atoms with Gasteiger partial charge in [0.1, 0.15) is 13.2 Å². The Morgan fingerprint density at radius 3 is 2.33 bits per heavy atom. The molecular weight excluding hydrogens is 420 g/mol. The van der Waals surface area contributed by atoms with Crippen LogP contribution in [0.4, 0.5) is 0 Å². The number of aryl methyl sites for hydroxylation is 1. The molecule has 1 aromatic heterocycles. The zero-order chi connectivity index (χ0) is 23.2. The van der Waals surface area contributed by atoms with E-state index in [-0.39, 0.29) is 24.5 Å². The predicted molar refractivity (Wildman–Crippen MR) is 121 cm³/mol. The van der Waals surface area contributed by atoms with Gasteiger partial charge in [-0.1, -0.05) is 18.2 Å². The lowest BCUT2D eigenvalue weighted by Gasteiger charge is -2.55. The average Bonchev–Trinajstić information content (AvgIpc) is 2.80. The van der Waals surface area contributed by atoms with Gasteiger partial charge in [-0.05, 0) is 74.8 Å². The van der Waals surface area contributed by atoms with Gasteiger partial charge in [-0.3, -0.25) is 9.59 Å². The molecule has 7 heteroatoms. The van der Waals surface area contributed by atoms with Gasteiger partial charge in [0.2, 0.25) is 5.91 Å². The summed E-state index contributed by atoms with van der Waals surface area (Å²) in [5.74, 6) is 0.908. The number of hydrogen-bond donors (Lipinski definition) is 1. The van der Waals surface area contributed by atoms with E-state index in [0.717, 1.165) is 30.2 Å². The number of esters is 2. The van der Waals surface area contributed by atoms with Crippen LogP contribution >= 0.6 is 0 Å². The number of ether oxygens (including phenoxy) is 2. The molecule has 4 bridgehead atoms. The summed E-state index contributed by atoms with van der Waals surface area (Å²) in [5.41, 5.74) is 1.79. The zero-order valence-electron chi connectivity index (χ0n) is 19.2. The van der Waals surface area contributed by atoms with Gasteiger partial charge in [0.15, 0.2) is 0 Å². The van der Waals surface area contributed by atoms with Crippen molar-refractivity contribution in [2.45, 2.75) is 52.1 Å². The second-order valence-electron chi connectivity index (χ2n) is 10.1. The lowest BCUT2D eigenvalue weighted by molar-refractivity contribution is -0.151. The molecule has 0 radical (unpaired) electrons. The number of fused-ring (bicyclic) bond motifs is 1. The molecule has 2 aromatic rings. The number of rotatable bonds is 6. The summed E-state index contributed by atoms with van der Waals surface area (Å²) in [4.78, 5) is 42.5. The van der Waals surface area contributed by atoms with Crippen LogP contribution in [0.2, 0.25) is 0 Å². The Kier molecular flexibility index (Phi) is 5.59. The number of aromatic nitrogens is 1. The molecule has 1 aromatic carbocycles. The fraction of sp³-hybridized carbons (Fsp3) is 0.538. The molecule has 0 unspecified atom stereocenters. The molecule has 1 N–H and O–H groups in total. The van der Waals surface area contributed by atoms with Gasteiger partial charge >= 0.3 is 11.9 Å². The van der Waals surface area contributed by atoms with E-state index in [1.807, 2.05) is 31.2 Å². The van der Waals surface area contributed by atoms with Crippen LogP contribution in [0.15, 0.2) is 24.3 Å². The minimum Gasteiger partial charge on any atom is -0.465 e. The molecule has 0 aliphatic heterocycles. The van der Waals surface area contributed by atoms with Crippen LogP contribution in [-0.2, 0) is 25.7 Å². The number of para-hydroxylation sites is 1. The SMILES string of the molecule is COC(=O)c1c(COC(=O)CNC(=O)C23CC4CC(CC(C4)C2)C3)nc2ccccc2c1C. The number of hydrogen-bond acceptors (Lipinski definition) is 6. The molecule has 4 aliphatic carbocycles. The second kappa shape index (κ2) is 8.43. The number of carbonyl (C=O) groups excluding carboxylic acids is 3. The maximum absolute atomic E-state index is 13.1. The summed E-state index contributed by atoms with van der Waals surface area (Å²) in [7, 11) is 1.31. The molecular formula is C26H30N2O5. The number of pyridine rings is 1. The monoisotopic (exact) mass is 450 g/mol. The average molecular weight is 451 g/mol. The Hall–Kier alpha value is -2.96. The number of methoxy groups -OCH3 is 1. The van der Waals surface area contributed by atoms with Crippen LogP contribution in [0.25, 0.3) is 10.9 Å². The fourth-order valence-electron chi connectivity index (χ4n) is 6.85. The molecule has 4 fully saturated rings. The van der Waals surface area contributed by atoms with Crippen LogP contribution in [-0.4, -0.2) is 36.5 Å².